The number of benzene rings is 5. The molecular weight excluding hydrogens is 569 g/mol. The van der Waals surface area contributed by atoms with E-state index in [0.717, 1.165) is 28.6 Å². The highest BCUT2D eigenvalue weighted by atomic mass is 19.4. The number of aryl methyl sites for hydroxylation is 2. The Morgan fingerprint density at radius 3 is 2.20 bits per heavy atom. The standard InChI is InChI=1S/C25H19N3O3.C9H10F3N/c1-16-11-12-18(25(31)26-20-8-3-2-4-9-20)14-22(16)27-28-23-21-10-6-5-7-17(21)13-19(15-29)24(23)30;1-6-3-4-7(9(10,11)12)5-8(6)13-2/h2-15,30H,1H3,(H,26,31);3-5,13H,1-2H3. The van der Waals surface area contributed by atoms with Gasteiger partial charge in [-0.3, -0.25) is 9.59 Å². The number of hydrogen-bond acceptors (Lipinski definition) is 6. The van der Waals surface area contributed by atoms with Gasteiger partial charge in [0.2, 0.25) is 0 Å². The molecule has 0 saturated carbocycles. The Bertz CT molecular complexity index is 1840. The number of nitrogens with zero attached hydrogens (tertiary/aromatic N) is 2. The average Bonchev–Trinajstić information content (AvgIpc) is 3.01. The summed E-state index contributed by atoms with van der Waals surface area (Å²) in [6.07, 6.45) is -3.68. The van der Waals surface area contributed by atoms with E-state index in [-0.39, 0.29) is 22.9 Å². The van der Waals surface area contributed by atoms with Crippen molar-refractivity contribution >= 4 is 45.7 Å². The summed E-state index contributed by atoms with van der Waals surface area (Å²) in [5, 5.41) is 26.0. The summed E-state index contributed by atoms with van der Waals surface area (Å²) in [4.78, 5) is 23.9. The molecule has 0 aliphatic heterocycles. The van der Waals surface area contributed by atoms with E-state index in [1.165, 1.54) is 6.07 Å². The van der Waals surface area contributed by atoms with Gasteiger partial charge in [0.1, 0.15) is 5.69 Å². The van der Waals surface area contributed by atoms with Crippen LogP contribution in [0.2, 0.25) is 0 Å². The number of amides is 1. The van der Waals surface area contributed by atoms with Gasteiger partial charge < -0.3 is 15.7 Å². The topological polar surface area (TPSA) is 103 Å². The zero-order valence-electron chi connectivity index (χ0n) is 24.1. The molecule has 3 N–H and O–H groups in total. The van der Waals surface area contributed by atoms with E-state index in [1.807, 2.05) is 43.3 Å². The van der Waals surface area contributed by atoms with Crippen molar-refractivity contribution in [3.8, 4) is 5.75 Å². The van der Waals surface area contributed by atoms with E-state index in [4.69, 9.17) is 0 Å². The van der Waals surface area contributed by atoms with Crippen molar-refractivity contribution in [1.82, 2.24) is 0 Å². The van der Waals surface area contributed by atoms with Gasteiger partial charge in [-0.1, -0.05) is 54.6 Å². The molecule has 0 bridgehead atoms. The maximum atomic E-state index is 12.6. The smallest absolute Gasteiger partial charge is 0.416 e. The number of phenols is 1. The molecule has 224 valence electrons. The predicted octanol–water partition coefficient (Wildman–Crippen LogP) is 9.39. The van der Waals surface area contributed by atoms with Gasteiger partial charge in [0.15, 0.2) is 12.0 Å². The lowest BCUT2D eigenvalue weighted by Gasteiger charge is -2.10. The number of carbonyl (C=O) groups excluding carboxylic acids is 2. The number of anilines is 2. The molecule has 44 heavy (non-hydrogen) atoms. The summed E-state index contributed by atoms with van der Waals surface area (Å²) < 4.78 is 36.6. The van der Waals surface area contributed by atoms with Crippen LogP contribution in [0.3, 0.4) is 0 Å². The first-order chi connectivity index (χ1) is 21.0. The van der Waals surface area contributed by atoms with E-state index < -0.39 is 11.7 Å². The molecule has 0 unspecified atom stereocenters. The molecule has 5 aromatic carbocycles. The highest BCUT2D eigenvalue weighted by Gasteiger charge is 2.30. The number of halogens is 3. The summed E-state index contributed by atoms with van der Waals surface area (Å²) in [7, 11) is 1.60. The largest absolute Gasteiger partial charge is 0.505 e. The number of nitrogens with one attached hydrogen (secondary N) is 2. The van der Waals surface area contributed by atoms with Gasteiger partial charge in [-0.25, -0.2) is 0 Å². The molecule has 0 aromatic heterocycles. The van der Waals surface area contributed by atoms with Crippen LogP contribution < -0.4 is 10.6 Å². The van der Waals surface area contributed by atoms with Crippen LogP contribution in [0.1, 0.15) is 37.4 Å². The van der Waals surface area contributed by atoms with Crippen molar-refractivity contribution in [3.63, 3.8) is 0 Å². The summed E-state index contributed by atoms with van der Waals surface area (Å²) in [6, 6.07) is 26.9. The zero-order valence-corrected chi connectivity index (χ0v) is 24.1. The number of rotatable bonds is 6. The second-order valence-corrected chi connectivity index (χ2v) is 9.80. The third kappa shape index (κ3) is 7.46. The van der Waals surface area contributed by atoms with E-state index in [0.29, 0.717) is 34.3 Å². The van der Waals surface area contributed by atoms with Crippen LogP contribution in [-0.2, 0) is 6.18 Å². The molecule has 7 nitrogen and oxygen atoms in total. The van der Waals surface area contributed by atoms with Gasteiger partial charge in [-0.15, -0.1) is 5.11 Å². The molecule has 10 heteroatoms. The Kier molecular flexibility index (Phi) is 9.74. The number of aromatic hydroxyl groups is 1. The summed E-state index contributed by atoms with van der Waals surface area (Å²) >= 11 is 0. The van der Waals surface area contributed by atoms with Crippen molar-refractivity contribution < 1.29 is 27.9 Å². The van der Waals surface area contributed by atoms with E-state index in [9.17, 15) is 27.9 Å². The van der Waals surface area contributed by atoms with Crippen molar-refractivity contribution in [2.24, 2.45) is 10.2 Å². The van der Waals surface area contributed by atoms with E-state index in [1.54, 1.807) is 56.4 Å². The molecule has 0 fully saturated rings. The molecule has 0 aliphatic rings. The second kappa shape index (κ2) is 13.6. The minimum absolute atomic E-state index is 0.139. The molecule has 0 atom stereocenters. The molecule has 5 rings (SSSR count). The summed E-state index contributed by atoms with van der Waals surface area (Å²) in [5.74, 6) is -0.494. The Morgan fingerprint density at radius 2 is 1.52 bits per heavy atom. The van der Waals surface area contributed by atoms with Gasteiger partial charge in [0.25, 0.3) is 5.91 Å². The Labute approximate surface area is 252 Å². The lowest BCUT2D eigenvalue weighted by molar-refractivity contribution is -0.137. The van der Waals surface area contributed by atoms with Crippen LogP contribution in [0.25, 0.3) is 10.8 Å². The average molecular weight is 599 g/mol. The molecule has 0 spiro atoms. The van der Waals surface area contributed by atoms with Crippen molar-refractivity contribution in [3.05, 3.63) is 125 Å². The van der Waals surface area contributed by atoms with E-state index in [2.05, 4.69) is 20.9 Å². The van der Waals surface area contributed by atoms with Crippen molar-refractivity contribution in [2.45, 2.75) is 20.0 Å². The van der Waals surface area contributed by atoms with E-state index >= 15 is 0 Å². The summed E-state index contributed by atoms with van der Waals surface area (Å²) in [6.45, 7) is 3.61. The van der Waals surface area contributed by atoms with Gasteiger partial charge in [-0.2, -0.15) is 18.3 Å². The first kappa shape index (κ1) is 31.4. The molecular formula is C34H29F3N4O3. The number of hydrogen-bond donors (Lipinski definition) is 3. The number of para-hydroxylation sites is 1. The minimum Gasteiger partial charge on any atom is -0.505 e. The second-order valence-electron chi connectivity index (χ2n) is 9.80. The number of fused-ring (bicyclic) bond motifs is 1. The fourth-order valence-electron chi connectivity index (χ4n) is 4.28. The maximum absolute atomic E-state index is 12.6. The SMILES string of the molecule is CNc1cc(C(F)(F)F)ccc1C.Cc1ccc(C(=O)Nc2ccccc2)cc1N=Nc1c(O)c(C=O)cc2ccccc12. The molecule has 1 amide bonds. The van der Waals surface area contributed by atoms with Crippen LogP contribution in [0.15, 0.2) is 107 Å². The first-order valence-corrected chi connectivity index (χ1v) is 13.5. The monoisotopic (exact) mass is 598 g/mol. The number of carbonyl (C=O) groups is 2. The third-order valence-corrected chi connectivity index (χ3v) is 6.75. The van der Waals surface area contributed by atoms with Gasteiger partial charge in [-0.05, 0) is 72.8 Å². The van der Waals surface area contributed by atoms with Crippen molar-refractivity contribution in [1.29, 1.82) is 0 Å². The normalized spacial score (nSPS) is 11.1. The van der Waals surface area contributed by atoms with Gasteiger partial charge >= 0.3 is 6.18 Å². The predicted molar refractivity (Wildman–Crippen MR) is 166 cm³/mol. The quantitative estimate of drug-likeness (QED) is 0.134. The molecule has 5 aromatic rings. The van der Waals surface area contributed by atoms with Crippen LogP contribution in [0.4, 0.5) is 35.9 Å². The molecule has 0 radical (unpaired) electrons. The minimum atomic E-state index is -4.26. The Hall–Kier alpha value is -5.51. The van der Waals surface area contributed by atoms with Crippen LogP contribution >= 0.6 is 0 Å². The summed E-state index contributed by atoms with van der Waals surface area (Å²) in [5.41, 5.74) is 3.46. The van der Waals surface area contributed by atoms with Crippen molar-refractivity contribution in [2.75, 3.05) is 17.7 Å². The van der Waals surface area contributed by atoms with Crippen LogP contribution in [0.5, 0.6) is 5.75 Å². The lowest BCUT2D eigenvalue weighted by Crippen LogP contribution is -2.11. The Morgan fingerprint density at radius 1 is 0.841 bits per heavy atom. The van der Waals surface area contributed by atoms with Gasteiger partial charge in [0, 0.05) is 29.4 Å². The van der Waals surface area contributed by atoms with Crippen LogP contribution in [0, 0.1) is 13.8 Å². The number of azo groups is 1. The highest BCUT2D eigenvalue weighted by molar-refractivity contribution is 6.05. The number of aldehydes is 1. The fraction of sp³-hybridized carbons (Fsp3) is 0.118. The highest BCUT2D eigenvalue weighted by Crippen LogP contribution is 2.39. The zero-order chi connectivity index (χ0) is 31.9. The first-order valence-electron chi connectivity index (χ1n) is 13.5. The maximum Gasteiger partial charge on any atom is 0.416 e. The molecule has 0 aliphatic carbocycles. The molecule has 0 heterocycles. The third-order valence-electron chi connectivity index (χ3n) is 6.75. The number of alkyl halides is 3. The Balaban J connectivity index is 0.000000285. The van der Waals surface area contributed by atoms with Crippen LogP contribution in [-0.4, -0.2) is 24.3 Å². The lowest BCUT2D eigenvalue weighted by atomic mass is 10.0. The fourth-order valence-corrected chi connectivity index (χ4v) is 4.28. The number of phenolic OH excluding ortho intramolecular Hbond substituents is 1. The molecule has 0 saturated heterocycles. The van der Waals surface area contributed by atoms with Gasteiger partial charge in [0.05, 0.1) is 16.8 Å².